The molecule has 0 spiro atoms. The molecular weight excluding hydrogens is 240 g/mol. The van der Waals surface area contributed by atoms with E-state index in [1.54, 1.807) is 7.11 Å². The number of nitrogens with one attached hydrogen (secondary N) is 1. The molecule has 4 heteroatoms. The molecule has 1 aliphatic heterocycles. The first-order valence-electron chi connectivity index (χ1n) is 7.68. The van der Waals surface area contributed by atoms with Crippen LogP contribution in [0.2, 0.25) is 0 Å². The molecule has 0 bridgehead atoms. The van der Waals surface area contributed by atoms with E-state index in [-0.39, 0.29) is 0 Å². The molecule has 0 aromatic carbocycles. The van der Waals surface area contributed by atoms with Crippen molar-refractivity contribution in [1.29, 1.82) is 0 Å². The molecule has 1 aliphatic rings. The zero-order valence-corrected chi connectivity index (χ0v) is 13.0. The van der Waals surface area contributed by atoms with Crippen LogP contribution in [-0.2, 0) is 9.47 Å². The minimum absolute atomic E-state index is 0.398. The van der Waals surface area contributed by atoms with Gasteiger partial charge in [-0.1, -0.05) is 6.92 Å². The van der Waals surface area contributed by atoms with E-state index in [0.717, 1.165) is 52.4 Å². The fraction of sp³-hybridized carbons (Fsp3) is 1.00. The molecule has 1 saturated heterocycles. The summed E-state index contributed by atoms with van der Waals surface area (Å²) in [6.45, 7) is 9.43. The van der Waals surface area contributed by atoms with E-state index in [0.29, 0.717) is 5.41 Å². The molecule has 1 N–H and O–H groups in total. The van der Waals surface area contributed by atoms with Gasteiger partial charge in [0.2, 0.25) is 0 Å². The largest absolute Gasteiger partial charge is 0.385 e. The number of hydrogen-bond acceptors (Lipinski definition) is 4. The van der Waals surface area contributed by atoms with Crippen LogP contribution >= 0.6 is 0 Å². The summed E-state index contributed by atoms with van der Waals surface area (Å²) in [6, 6.07) is 0. The number of rotatable bonds is 10. The van der Waals surface area contributed by atoms with Crippen LogP contribution in [0, 0.1) is 5.41 Å². The van der Waals surface area contributed by atoms with Crippen LogP contribution < -0.4 is 5.32 Å². The molecular formula is C15H32N2O2. The fourth-order valence-corrected chi connectivity index (χ4v) is 2.86. The summed E-state index contributed by atoms with van der Waals surface area (Å²) in [6.07, 6.45) is 4.68. The van der Waals surface area contributed by atoms with E-state index in [1.165, 1.54) is 19.3 Å². The van der Waals surface area contributed by atoms with Gasteiger partial charge in [-0.05, 0) is 44.7 Å². The van der Waals surface area contributed by atoms with Crippen LogP contribution in [0.1, 0.15) is 32.6 Å². The van der Waals surface area contributed by atoms with Gasteiger partial charge in [-0.2, -0.15) is 0 Å². The first-order chi connectivity index (χ1) is 9.22. The average molecular weight is 272 g/mol. The molecule has 0 aromatic rings. The fourth-order valence-electron chi connectivity index (χ4n) is 2.86. The predicted octanol–water partition coefficient (Wildman–Crippen LogP) is 1.75. The van der Waals surface area contributed by atoms with E-state index >= 15 is 0 Å². The number of methoxy groups -OCH3 is 1. The van der Waals surface area contributed by atoms with Crippen LogP contribution in [0.4, 0.5) is 0 Å². The van der Waals surface area contributed by atoms with Crippen molar-refractivity contribution >= 4 is 0 Å². The number of nitrogens with zero attached hydrogens (tertiary/aromatic N) is 1. The first-order valence-corrected chi connectivity index (χ1v) is 7.68. The Labute approximate surface area is 118 Å². The monoisotopic (exact) mass is 272 g/mol. The van der Waals surface area contributed by atoms with Crippen LogP contribution in [-0.4, -0.2) is 65.1 Å². The van der Waals surface area contributed by atoms with Gasteiger partial charge in [0.25, 0.3) is 0 Å². The molecule has 0 aromatic heterocycles. The van der Waals surface area contributed by atoms with Crippen molar-refractivity contribution in [2.24, 2.45) is 5.41 Å². The quantitative estimate of drug-likeness (QED) is 0.614. The van der Waals surface area contributed by atoms with E-state index in [4.69, 9.17) is 9.47 Å². The van der Waals surface area contributed by atoms with E-state index in [1.807, 2.05) is 0 Å². The normalized spacial score (nSPS) is 18.9. The topological polar surface area (TPSA) is 33.7 Å². The smallest absolute Gasteiger partial charge is 0.0474 e. The highest BCUT2D eigenvalue weighted by molar-refractivity contribution is 4.86. The Morgan fingerprint density at radius 1 is 1.32 bits per heavy atom. The standard InChI is InChI=1S/C15H32N2O2/c1-4-8-16-13-15(6-11-19-12-7-15)14-17(2)9-5-10-18-3/h16H,4-14H2,1-3H3. The van der Waals surface area contributed by atoms with Gasteiger partial charge in [-0.15, -0.1) is 0 Å². The Bertz CT molecular complexity index is 218. The van der Waals surface area contributed by atoms with Gasteiger partial charge in [-0.3, -0.25) is 0 Å². The average Bonchev–Trinajstić information content (AvgIpc) is 2.40. The van der Waals surface area contributed by atoms with E-state index in [2.05, 4.69) is 24.2 Å². The zero-order chi connectivity index (χ0) is 14.0. The molecule has 1 rings (SSSR count). The lowest BCUT2D eigenvalue weighted by Gasteiger charge is -2.40. The van der Waals surface area contributed by atoms with Crippen molar-refractivity contribution in [1.82, 2.24) is 10.2 Å². The maximum absolute atomic E-state index is 5.54. The Hall–Kier alpha value is -0.160. The second-order valence-corrected chi connectivity index (χ2v) is 5.87. The Morgan fingerprint density at radius 2 is 2.05 bits per heavy atom. The summed E-state index contributed by atoms with van der Waals surface area (Å²) in [4.78, 5) is 2.46. The lowest BCUT2D eigenvalue weighted by molar-refractivity contribution is -0.00129. The van der Waals surface area contributed by atoms with Crippen molar-refractivity contribution in [3.05, 3.63) is 0 Å². The molecule has 0 aliphatic carbocycles. The second kappa shape index (κ2) is 9.70. The van der Waals surface area contributed by atoms with Gasteiger partial charge in [0.15, 0.2) is 0 Å². The van der Waals surface area contributed by atoms with Gasteiger partial charge < -0.3 is 19.7 Å². The lowest BCUT2D eigenvalue weighted by atomic mass is 9.79. The van der Waals surface area contributed by atoms with Crippen LogP contribution in [0.15, 0.2) is 0 Å². The molecule has 0 radical (unpaired) electrons. The highest BCUT2D eigenvalue weighted by Gasteiger charge is 2.33. The van der Waals surface area contributed by atoms with E-state index in [9.17, 15) is 0 Å². The molecule has 0 saturated carbocycles. The second-order valence-electron chi connectivity index (χ2n) is 5.87. The molecule has 19 heavy (non-hydrogen) atoms. The van der Waals surface area contributed by atoms with Crippen LogP contribution in [0.5, 0.6) is 0 Å². The minimum Gasteiger partial charge on any atom is -0.385 e. The summed E-state index contributed by atoms with van der Waals surface area (Å²) in [5.74, 6) is 0. The highest BCUT2D eigenvalue weighted by Crippen LogP contribution is 2.30. The third-order valence-corrected chi connectivity index (χ3v) is 3.97. The van der Waals surface area contributed by atoms with Crippen LogP contribution in [0.25, 0.3) is 0 Å². The summed E-state index contributed by atoms with van der Waals surface area (Å²) in [5, 5.41) is 3.61. The highest BCUT2D eigenvalue weighted by atomic mass is 16.5. The van der Waals surface area contributed by atoms with Gasteiger partial charge >= 0.3 is 0 Å². The Morgan fingerprint density at radius 3 is 2.68 bits per heavy atom. The van der Waals surface area contributed by atoms with E-state index < -0.39 is 0 Å². The molecule has 1 heterocycles. The van der Waals surface area contributed by atoms with Gasteiger partial charge in [0, 0.05) is 46.6 Å². The first kappa shape index (κ1) is 16.9. The number of hydrogen-bond donors (Lipinski definition) is 1. The van der Waals surface area contributed by atoms with Gasteiger partial charge in [0.1, 0.15) is 0 Å². The zero-order valence-electron chi connectivity index (χ0n) is 13.0. The predicted molar refractivity (Wildman–Crippen MR) is 79.6 cm³/mol. The molecule has 1 fully saturated rings. The van der Waals surface area contributed by atoms with Crippen molar-refractivity contribution in [2.45, 2.75) is 32.6 Å². The molecule has 4 nitrogen and oxygen atoms in total. The summed E-state index contributed by atoms with van der Waals surface area (Å²) in [7, 11) is 4.00. The van der Waals surface area contributed by atoms with Gasteiger partial charge in [0.05, 0.1) is 0 Å². The molecule has 0 amide bonds. The Kier molecular flexibility index (Phi) is 8.62. The summed E-state index contributed by atoms with van der Waals surface area (Å²) < 4.78 is 10.7. The third kappa shape index (κ3) is 6.70. The minimum atomic E-state index is 0.398. The van der Waals surface area contributed by atoms with Crippen molar-refractivity contribution in [3.63, 3.8) is 0 Å². The summed E-state index contributed by atoms with van der Waals surface area (Å²) >= 11 is 0. The lowest BCUT2D eigenvalue weighted by Crippen LogP contribution is -2.46. The SMILES string of the molecule is CCCNCC1(CN(C)CCCOC)CCOCC1. The van der Waals surface area contributed by atoms with Crippen LogP contribution in [0.3, 0.4) is 0 Å². The number of ether oxygens (including phenoxy) is 2. The molecule has 0 atom stereocenters. The van der Waals surface area contributed by atoms with Gasteiger partial charge in [-0.25, -0.2) is 0 Å². The molecule has 0 unspecified atom stereocenters. The van der Waals surface area contributed by atoms with Crippen molar-refractivity contribution in [3.8, 4) is 0 Å². The summed E-state index contributed by atoms with van der Waals surface area (Å²) in [5.41, 5.74) is 0.398. The maximum Gasteiger partial charge on any atom is 0.0474 e. The van der Waals surface area contributed by atoms with Crippen molar-refractivity contribution in [2.75, 3.05) is 60.2 Å². The molecule has 114 valence electrons. The van der Waals surface area contributed by atoms with Crippen molar-refractivity contribution < 1.29 is 9.47 Å². The maximum atomic E-state index is 5.54. The Balaban J connectivity index is 2.39. The third-order valence-electron chi connectivity index (χ3n) is 3.97.